The molecule has 0 aliphatic heterocycles. The van der Waals surface area contributed by atoms with Crippen molar-refractivity contribution in [1.82, 2.24) is 9.55 Å². The molecule has 2 aromatic rings. The molecule has 0 spiro atoms. The van der Waals surface area contributed by atoms with Gasteiger partial charge in [0.15, 0.2) is 0 Å². The number of nitrogens with two attached hydrogens (primary N) is 1. The standard InChI is InChI=1S/C19H22BrN3O2/c1-4-12(2)15(20)10-16-17(13(3)21)22-18(24)19(25)23(16)11-14-8-6-5-7-9-14/h5-10H,4,11,21H2,1-3H3,(H,22,24)/b15-12-,16-10+,17-13-. The Kier molecular flexibility index (Phi) is 6.20. The number of hydrogen-bond acceptors (Lipinski definition) is 3. The number of rotatable bonds is 4. The lowest BCUT2D eigenvalue weighted by Crippen LogP contribution is -2.54. The van der Waals surface area contributed by atoms with Crippen LogP contribution in [-0.2, 0) is 6.54 Å². The molecule has 6 heteroatoms. The zero-order chi connectivity index (χ0) is 18.6. The highest BCUT2D eigenvalue weighted by Gasteiger charge is 2.08. The first-order valence-electron chi connectivity index (χ1n) is 8.05. The van der Waals surface area contributed by atoms with E-state index in [1.807, 2.05) is 43.3 Å². The highest BCUT2D eigenvalue weighted by molar-refractivity contribution is 9.12. The summed E-state index contributed by atoms with van der Waals surface area (Å²) in [6.45, 7) is 6.05. The lowest BCUT2D eigenvalue weighted by Gasteiger charge is -2.09. The molecule has 25 heavy (non-hydrogen) atoms. The van der Waals surface area contributed by atoms with Crippen LogP contribution in [0, 0.1) is 0 Å². The van der Waals surface area contributed by atoms with Crippen LogP contribution in [0.5, 0.6) is 0 Å². The second kappa shape index (κ2) is 8.16. The average Bonchev–Trinajstić information content (AvgIpc) is 2.60. The Morgan fingerprint density at radius 3 is 2.44 bits per heavy atom. The molecule has 1 heterocycles. The lowest BCUT2D eigenvalue weighted by molar-refractivity contribution is 0.700. The van der Waals surface area contributed by atoms with Gasteiger partial charge in [-0.1, -0.05) is 58.8 Å². The van der Waals surface area contributed by atoms with Crippen molar-refractivity contribution >= 4 is 27.7 Å². The Hall–Kier alpha value is -2.34. The minimum absolute atomic E-state index is 0.293. The van der Waals surface area contributed by atoms with Gasteiger partial charge in [0, 0.05) is 10.2 Å². The van der Waals surface area contributed by atoms with E-state index in [-0.39, 0.29) is 0 Å². The van der Waals surface area contributed by atoms with Crippen molar-refractivity contribution < 1.29 is 0 Å². The smallest absolute Gasteiger partial charge is 0.317 e. The van der Waals surface area contributed by atoms with Gasteiger partial charge in [-0.15, -0.1) is 0 Å². The Morgan fingerprint density at radius 2 is 1.88 bits per heavy atom. The summed E-state index contributed by atoms with van der Waals surface area (Å²) in [6.07, 6.45) is 2.70. The molecule has 0 radical (unpaired) electrons. The largest absolute Gasteiger partial charge is 0.401 e. The van der Waals surface area contributed by atoms with Gasteiger partial charge in [-0.3, -0.25) is 14.2 Å². The van der Waals surface area contributed by atoms with Crippen LogP contribution < -0.4 is 27.6 Å². The van der Waals surface area contributed by atoms with Crippen molar-refractivity contribution in [2.24, 2.45) is 5.73 Å². The van der Waals surface area contributed by atoms with Crippen molar-refractivity contribution in [2.75, 3.05) is 0 Å². The van der Waals surface area contributed by atoms with Crippen LogP contribution in [0.4, 0.5) is 0 Å². The molecule has 2 rings (SSSR count). The number of aromatic amines is 1. The summed E-state index contributed by atoms with van der Waals surface area (Å²) < 4.78 is 2.33. The Bertz CT molecular complexity index is 1030. The molecular formula is C19H22BrN3O2. The number of aromatic nitrogens is 2. The van der Waals surface area contributed by atoms with Crippen LogP contribution in [0.15, 0.2) is 50.0 Å². The lowest BCUT2D eigenvalue weighted by atomic mass is 10.2. The highest BCUT2D eigenvalue weighted by Crippen LogP contribution is 2.15. The van der Waals surface area contributed by atoms with Crippen LogP contribution in [0.2, 0.25) is 0 Å². The molecule has 0 amide bonds. The minimum atomic E-state index is -0.680. The van der Waals surface area contributed by atoms with Crippen molar-refractivity contribution in [3.8, 4) is 0 Å². The number of benzene rings is 1. The molecule has 0 atom stereocenters. The van der Waals surface area contributed by atoms with Crippen LogP contribution in [0.25, 0.3) is 11.8 Å². The topological polar surface area (TPSA) is 80.9 Å². The maximum absolute atomic E-state index is 12.5. The molecule has 1 aromatic carbocycles. The first kappa shape index (κ1) is 19.0. The molecule has 0 bridgehead atoms. The molecule has 0 fully saturated rings. The van der Waals surface area contributed by atoms with E-state index in [1.165, 1.54) is 4.57 Å². The third-order valence-corrected chi connectivity index (χ3v) is 4.91. The van der Waals surface area contributed by atoms with Gasteiger partial charge in [-0.05, 0) is 31.9 Å². The zero-order valence-corrected chi connectivity index (χ0v) is 16.2. The first-order valence-corrected chi connectivity index (χ1v) is 8.84. The number of nitrogens with zero attached hydrogens (tertiary/aromatic N) is 1. The van der Waals surface area contributed by atoms with E-state index in [9.17, 15) is 9.59 Å². The molecule has 5 nitrogen and oxygen atoms in total. The van der Waals surface area contributed by atoms with Gasteiger partial charge in [0.25, 0.3) is 0 Å². The van der Waals surface area contributed by atoms with Crippen molar-refractivity contribution in [1.29, 1.82) is 0 Å². The van der Waals surface area contributed by atoms with Gasteiger partial charge in [0.2, 0.25) is 0 Å². The maximum Gasteiger partial charge on any atom is 0.317 e. The normalized spacial score (nSPS) is 14.3. The van der Waals surface area contributed by atoms with E-state index < -0.39 is 11.1 Å². The van der Waals surface area contributed by atoms with Gasteiger partial charge in [-0.2, -0.15) is 0 Å². The summed E-state index contributed by atoms with van der Waals surface area (Å²) in [5.74, 6) is 0. The fourth-order valence-corrected chi connectivity index (χ4v) is 2.88. The fraction of sp³-hybridized carbons (Fsp3) is 0.263. The number of hydrogen-bond donors (Lipinski definition) is 2. The molecule has 0 aliphatic rings. The van der Waals surface area contributed by atoms with Crippen molar-refractivity contribution in [3.05, 3.63) is 77.4 Å². The maximum atomic E-state index is 12.5. The third-order valence-electron chi connectivity index (χ3n) is 4.00. The number of allylic oxidation sites excluding steroid dienone is 2. The second-order valence-corrected chi connectivity index (χ2v) is 6.75. The molecule has 0 saturated carbocycles. The minimum Gasteiger partial charge on any atom is -0.401 e. The second-order valence-electron chi connectivity index (χ2n) is 5.90. The number of nitrogens with one attached hydrogen (secondary N) is 1. The molecule has 0 unspecified atom stereocenters. The van der Waals surface area contributed by atoms with Crippen LogP contribution in [0.3, 0.4) is 0 Å². The predicted octanol–water partition coefficient (Wildman–Crippen LogP) is 1.53. The first-order chi connectivity index (χ1) is 11.8. The van der Waals surface area contributed by atoms with Crippen molar-refractivity contribution in [2.45, 2.75) is 33.7 Å². The molecule has 132 valence electrons. The predicted molar refractivity (Wildman–Crippen MR) is 106 cm³/mol. The Labute approximate surface area is 154 Å². The summed E-state index contributed by atoms with van der Waals surface area (Å²) in [6, 6.07) is 9.53. The molecule has 1 aromatic heterocycles. The van der Waals surface area contributed by atoms with E-state index in [0.717, 1.165) is 22.0 Å². The number of H-pyrrole nitrogens is 1. The third kappa shape index (κ3) is 4.39. The fourth-order valence-electron chi connectivity index (χ4n) is 2.38. The summed E-state index contributed by atoms with van der Waals surface area (Å²) in [5, 5.41) is 1.04. The van der Waals surface area contributed by atoms with E-state index in [4.69, 9.17) is 5.73 Å². The monoisotopic (exact) mass is 403 g/mol. The van der Waals surface area contributed by atoms with E-state index in [0.29, 0.717) is 22.9 Å². The van der Waals surface area contributed by atoms with E-state index in [2.05, 4.69) is 27.8 Å². The van der Waals surface area contributed by atoms with Gasteiger partial charge < -0.3 is 10.7 Å². The quantitative estimate of drug-likeness (QED) is 0.759. The Balaban J connectivity index is 2.91. The number of halogens is 1. The van der Waals surface area contributed by atoms with Crippen LogP contribution >= 0.6 is 15.9 Å². The molecule has 0 aliphatic carbocycles. The summed E-state index contributed by atoms with van der Waals surface area (Å²) in [7, 11) is 0. The van der Waals surface area contributed by atoms with E-state index >= 15 is 0 Å². The van der Waals surface area contributed by atoms with Crippen molar-refractivity contribution in [3.63, 3.8) is 0 Å². The van der Waals surface area contributed by atoms with Crippen LogP contribution in [0.1, 0.15) is 32.8 Å². The van der Waals surface area contributed by atoms with E-state index in [1.54, 1.807) is 6.92 Å². The molecular weight excluding hydrogens is 382 g/mol. The summed E-state index contributed by atoms with van der Waals surface area (Å²) in [5.41, 5.74) is 7.18. The van der Waals surface area contributed by atoms with Gasteiger partial charge in [0.1, 0.15) is 0 Å². The highest BCUT2D eigenvalue weighted by atomic mass is 79.9. The molecule has 0 saturated heterocycles. The van der Waals surface area contributed by atoms with Crippen LogP contribution in [-0.4, -0.2) is 9.55 Å². The van der Waals surface area contributed by atoms with Gasteiger partial charge in [-0.25, -0.2) is 0 Å². The van der Waals surface area contributed by atoms with Gasteiger partial charge >= 0.3 is 11.1 Å². The summed E-state index contributed by atoms with van der Waals surface area (Å²) >= 11 is 3.55. The zero-order valence-electron chi connectivity index (χ0n) is 14.6. The summed E-state index contributed by atoms with van der Waals surface area (Å²) in [4.78, 5) is 27.2. The Morgan fingerprint density at radius 1 is 1.24 bits per heavy atom. The average molecular weight is 404 g/mol. The SMILES string of the molecule is CC/C(C)=C(Br)/C=c1\c(=C(/C)N)[nH]c(=O)c(=O)n1Cc1ccccc1. The molecule has 3 N–H and O–H groups in total. The van der Waals surface area contributed by atoms with Gasteiger partial charge in [0.05, 0.1) is 17.2 Å².